The Labute approximate surface area is 336 Å². The fourth-order valence-corrected chi connectivity index (χ4v) is 8.53. The number of nitrogens with one attached hydrogen (secondary N) is 1. The number of carboxylic acids is 1. The third-order valence-corrected chi connectivity index (χ3v) is 11.9. The average molecular weight is 785 g/mol. The molecule has 0 aliphatic carbocycles. The van der Waals surface area contributed by atoms with Crippen molar-refractivity contribution in [1.82, 2.24) is 24.9 Å². The molecule has 2 aromatic carbocycles. The summed E-state index contributed by atoms with van der Waals surface area (Å²) in [6, 6.07) is 13.2. The summed E-state index contributed by atoms with van der Waals surface area (Å²) in [5.74, 6) is -3.29. The van der Waals surface area contributed by atoms with Crippen molar-refractivity contribution in [2.75, 3.05) is 26.2 Å². The Morgan fingerprint density at radius 1 is 0.789 bits per heavy atom. The van der Waals surface area contributed by atoms with Crippen molar-refractivity contribution in [1.29, 1.82) is 0 Å². The van der Waals surface area contributed by atoms with Gasteiger partial charge >= 0.3 is 5.97 Å². The van der Waals surface area contributed by atoms with Crippen LogP contribution < -0.4 is 11.1 Å². The lowest BCUT2D eigenvalue weighted by Crippen LogP contribution is -2.64. The van der Waals surface area contributed by atoms with Gasteiger partial charge in [-0.2, -0.15) is 0 Å². The zero-order chi connectivity index (χ0) is 41.1. The van der Waals surface area contributed by atoms with Crippen molar-refractivity contribution in [3.63, 3.8) is 0 Å². The van der Waals surface area contributed by atoms with Gasteiger partial charge in [0.2, 0.25) is 29.5 Å². The molecule has 0 aromatic heterocycles. The summed E-state index contributed by atoms with van der Waals surface area (Å²) >= 11 is 0. The molecule has 3 saturated heterocycles. The van der Waals surface area contributed by atoms with Crippen molar-refractivity contribution in [2.45, 2.75) is 121 Å². The zero-order valence-electron chi connectivity index (χ0n) is 33.5. The van der Waals surface area contributed by atoms with Gasteiger partial charge in [0.05, 0.1) is 6.04 Å². The van der Waals surface area contributed by atoms with Crippen molar-refractivity contribution < 1.29 is 33.9 Å². The van der Waals surface area contributed by atoms with Gasteiger partial charge in [0.1, 0.15) is 30.2 Å². The van der Waals surface area contributed by atoms with E-state index in [1.807, 2.05) is 74.5 Å². The summed E-state index contributed by atoms with van der Waals surface area (Å²) in [5, 5.41) is 12.9. The van der Waals surface area contributed by atoms with Crippen LogP contribution in [-0.2, 0) is 41.6 Å². The van der Waals surface area contributed by atoms with E-state index in [4.69, 9.17) is 5.73 Å². The highest BCUT2D eigenvalue weighted by molar-refractivity contribution is 5.97. The molecule has 3 fully saturated rings. The highest BCUT2D eigenvalue weighted by Gasteiger charge is 2.46. The summed E-state index contributed by atoms with van der Waals surface area (Å²) in [6.45, 7) is 8.65. The van der Waals surface area contributed by atoms with Crippen LogP contribution >= 0.6 is 0 Å². The molecule has 0 spiro atoms. The topological polar surface area (TPSA) is 174 Å². The molecule has 7 atom stereocenters. The first-order valence-electron chi connectivity index (χ1n) is 20.7. The Morgan fingerprint density at radius 3 is 1.93 bits per heavy atom. The van der Waals surface area contributed by atoms with Crippen LogP contribution in [-0.4, -0.2) is 123 Å². The molecule has 1 unspecified atom stereocenters. The quantitative estimate of drug-likeness (QED) is 0.217. The second-order valence-electron chi connectivity index (χ2n) is 15.8. The maximum absolute atomic E-state index is 14.9. The van der Waals surface area contributed by atoms with Gasteiger partial charge in [-0.15, -0.1) is 6.58 Å². The molecule has 4 N–H and O–H groups in total. The van der Waals surface area contributed by atoms with Gasteiger partial charge in [0.15, 0.2) is 0 Å². The Kier molecular flexibility index (Phi) is 15.4. The summed E-state index contributed by atoms with van der Waals surface area (Å²) in [5.41, 5.74) is 8.04. The summed E-state index contributed by atoms with van der Waals surface area (Å²) < 4.78 is 0. The van der Waals surface area contributed by atoms with Crippen molar-refractivity contribution >= 4 is 35.5 Å². The first-order valence-corrected chi connectivity index (χ1v) is 20.7. The molecule has 308 valence electrons. The number of amides is 5. The molecule has 3 aliphatic heterocycles. The highest BCUT2D eigenvalue weighted by atomic mass is 16.4. The third kappa shape index (κ3) is 10.5. The second kappa shape index (κ2) is 20.4. The molecule has 5 amide bonds. The van der Waals surface area contributed by atoms with Crippen LogP contribution in [0.25, 0.3) is 0 Å². The highest BCUT2D eigenvalue weighted by Crippen LogP contribution is 2.29. The van der Waals surface area contributed by atoms with E-state index in [-0.39, 0.29) is 37.2 Å². The Bertz CT molecular complexity index is 1720. The van der Waals surface area contributed by atoms with Crippen LogP contribution in [0.4, 0.5) is 0 Å². The molecule has 0 saturated carbocycles. The number of carbonyl (C=O) groups is 6. The molecule has 3 aliphatic rings. The van der Waals surface area contributed by atoms with Gasteiger partial charge in [-0.05, 0) is 74.8 Å². The van der Waals surface area contributed by atoms with E-state index in [1.54, 1.807) is 15.9 Å². The Morgan fingerprint density at radius 2 is 1.33 bits per heavy atom. The molecule has 0 radical (unpaired) electrons. The van der Waals surface area contributed by atoms with E-state index in [0.717, 1.165) is 11.1 Å². The molecule has 57 heavy (non-hydrogen) atoms. The van der Waals surface area contributed by atoms with Gasteiger partial charge in [-0.1, -0.05) is 87.0 Å². The van der Waals surface area contributed by atoms with E-state index in [1.165, 1.54) is 9.80 Å². The largest absolute Gasteiger partial charge is 0.480 e. The first-order chi connectivity index (χ1) is 27.5. The smallest absolute Gasteiger partial charge is 0.326 e. The monoisotopic (exact) mass is 784 g/mol. The van der Waals surface area contributed by atoms with Crippen LogP contribution in [0.15, 0.2) is 73.3 Å². The van der Waals surface area contributed by atoms with E-state index >= 15 is 0 Å². The molecule has 3 heterocycles. The third-order valence-electron chi connectivity index (χ3n) is 11.9. The fraction of sp³-hybridized carbons (Fsp3) is 0.545. The van der Waals surface area contributed by atoms with Crippen molar-refractivity contribution in [3.05, 3.63) is 84.4 Å². The molecule has 0 bridgehead atoms. The number of benzene rings is 2. The van der Waals surface area contributed by atoms with E-state index in [0.29, 0.717) is 77.3 Å². The molecule has 2 aromatic rings. The predicted molar refractivity (Wildman–Crippen MR) is 216 cm³/mol. The standard InChI is InChI=1S/C44H60N6O7/c1-4-24-47(37(29-32-19-10-7-11-20-32)42(54)50-27-16-23-36(50)44(56)57)40(52)34-21-12-14-25-48(34)41(53)35-22-13-15-26-49(35)43(55)38(30(3)5-2)46-39(51)33(45)28-31-17-8-6-9-18-31/h4,6-11,17-20,30,33-38H,1,5,12-16,21-29,45H2,2-3H3,(H,46,51)(H,56,57)/t30?,33-,34+,35-,36+,37-,38+/m1/s1. The van der Waals surface area contributed by atoms with E-state index in [9.17, 15) is 33.9 Å². The molecule has 13 nitrogen and oxygen atoms in total. The van der Waals surface area contributed by atoms with Gasteiger partial charge in [0.25, 0.3) is 0 Å². The maximum atomic E-state index is 14.9. The van der Waals surface area contributed by atoms with Gasteiger partial charge in [-0.3, -0.25) is 24.0 Å². The summed E-state index contributed by atoms with van der Waals surface area (Å²) in [4.78, 5) is 90.1. The van der Waals surface area contributed by atoms with Gasteiger partial charge in [-0.25, -0.2) is 4.79 Å². The van der Waals surface area contributed by atoms with Crippen LogP contribution in [0.5, 0.6) is 0 Å². The van der Waals surface area contributed by atoms with Crippen LogP contribution in [0.3, 0.4) is 0 Å². The number of likely N-dealkylation sites (tertiary alicyclic amines) is 3. The van der Waals surface area contributed by atoms with E-state index in [2.05, 4.69) is 11.9 Å². The lowest BCUT2D eigenvalue weighted by molar-refractivity contribution is -0.159. The minimum absolute atomic E-state index is 0.0168. The van der Waals surface area contributed by atoms with Crippen LogP contribution in [0.1, 0.15) is 82.8 Å². The minimum Gasteiger partial charge on any atom is -0.480 e. The van der Waals surface area contributed by atoms with Crippen LogP contribution in [0, 0.1) is 5.92 Å². The van der Waals surface area contributed by atoms with Crippen LogP contribution in [0.2, 0.25) is 0 Å². The number of rotatable bonds is 16. The predicted octanol–water partition coefficient (Wildman–Crippen LogP) is 3.55. The number of nitrogens with two attached hydrogens (primary N) is 1. The van der Waals surface area contributed by atoms with Crippen molar-refractivity contribution in [3.8, 4) is 0 Å². The number of hydrogen-bond acceptors (Lipinski definition) is 7. The van der Waals surface area contributed by atoms with Gasteiger partial charge in [0, 0.05) is 32.6 Å². The lowest BCUT2D eigenvalue weighted by atomic mass is 9.92. The normalized spacial score (nSPS) is 21.8. The fourth-order valence-electron chi connectivity index (χ4n) is 8.53. The number of aliphatic carboxylic acids is 1. The second-order valence-corrected chi connectivity index (χ2v) is 15.8. The maximum Gasteiger partial charge on any atom is 0.326 e. The molecular formula is C44H60N6O7. The number of hydrogen-bond donors (Lipinski definition) is 3. The SMILES string of the molecule is C=CCN(C(=O)[C@@H]1CCCCN1C(=O)[C@H]1CCCCN1C(=O)[C@@H](NC(=O)[C@H](N)Cc1ccccc1)C(C)CC)[C@H](Cc1ccccc1)C(=O)N1CCC[C@H]1C(=O)O. The average Bonchev–Trinajstić information content (AvgIpc) is 3.74. The number of carbonyl (C=O) groups excluding carboxylic acids is 5. The summed E-state index contributed by atoms with van der Waals surface area (Å²) in [7, 11) is 0. The zero-order valence-corrected chi connectivity index (χ0v) is 33.5. The lowest BCUT2D eigenvalue weighted by Gasteiger charge is -2.44. The van der Waals surface area contributed by atoms with E-state index < -0.39 is 59.9 Å². The molecule has 5 rings (SSSR count). The Balaban J connectivity index is 1.39. The number of nitrogens with zero attached hydrogens (tertiary/aromatic N) is 4. The first kappa shape index (κ1) is 43.1. The minimum atomic E-state index is -1.08. The molecule has 13 heteroatoms. The summed E-state index contributed by atoms with van der Waals surface area (Å²) in [6.07, 6.45) is 7.03. The molecular weight excluding hydrogens is 725 g/mol. The Hall–Kier alpha value is -5.04. The van der Waals surface area contributed by atoms with Gasteiger partial charge < -0.3 is 35.8 Å². The van der Waals surface area contributed by atoms with Crippen molar-refractivity contribution in [2.24, 2.45) is 11.7 Å². The number of piperidine rings is 2. The number of carboxylic acid groups (broad SMARTS) is 1.